The fourth-order valence-corrected chi connectivity index (χ4v) is 2.60. The molecule has 2 rings (SSSR count). The van der Waals surface area contributed by atoms with Crippen LogP contribution in [0.4, 0.5) is 8.78 Å². The highest BCUT2D eigenvalue weighted by atomic mass is 32.2. The number of hydrogen-bond acceptors (Lipinski definition) is 3. The quantitative estimate of drug-likeness (QED) is 0.808. The first-order valence-electron chi connectivity index (χ1n) is 6.73. The largest absolute Gasteiger partial charge is 0.468 e. The van der Waals surface area contributed by atoms with Crippen LogP contribution in [0.2, 0.25) is 0 Å². The SMILES string of the molecule is CC(C)(C)NCc1cc(F)c(SCc2ccco2)c(F)c1. The van der Waals surface area contributed by atoms with Crippen LogP contribution in [0.1, 0.15) is 32.1 Å². The summed E-state index contributed by atoms with van der Waals surface area (Å²) in [4.78, 5) is 0.0332. The number of nitrogens with one attached hydrogen (secondary N) is 1. The van der Waals surface area contributed by atoms with Crippen molar-refractivity contribution >= 4 is 11.8 Å². The molecule has 0 spiro atoms. The summed E-state index contributed by atoms with van der Waals surface area (Å²) in [5.74, 6) is 0.0345. The first-order valence-corrected chi connectivity index (χ1v) is 7.72. The molecule has 1 aromatic carbocycles. The summed E-state index contributed by atoms with van der Waals surface area (Å²) < 4.78 is 33.2. The second-order valence-electron chi connectivity index (χ2n) is 5.86. The van der Waals surface area contributed by atoms with Gasteiger partial charge in [0.25, 0.3) is 0 Å². The molecule has 0 saturated carbocycles. The van der Waals surface area contributed by atoms with Gasteiger partial charge in [-0.05, 0) is 50.6 Å². The molecule has 0 fully saturated rings. The molecule has 0 atom stereocenters. The molecule has 2 aromatic rings. The third-order valence-electron chi connectivity index (χ3n) is 2.82. The summed E-state index contributed by atoms with van der Waals surface area (Å²) in [6.45, 7) is 6.45. The lowest BCUT2D eigenvalue weighted by molar-refractivity contribution is 0.422. The smallest absolute Gasteiger partial charge is 0.140 e. The molecule has 1 N–H and O–H groups in total. The summed E-state index contributed by atoms with van der Waals surface area (Å²) in [6, 6.07) is 6.30. The Morgan fingerprint density at radius 2 is 1.86 bits per heavy atom. The van der Waals surface area contributed by atoms with E-state index in [-0.39, 0.29) is 10.4 Å². The Kier molecular flexibility index (Phi) is 5.06. The number of furan rings is 1. The number of hydrogen-bond donors (Lipinski definition) is 1. The molecule has 0 saturated heterocycles. The second kappa shape index (κ2) is 6.62. The maximum absolute atomic E-state index is 14.0. The van der Waals surface area contributed by atoms with Crippen molar-refractivity contribution in [3.05, 3.63) is 53.5 Å². The molecule has 0 aliphatic heterocycles. The summed E-state index contributed by atoms with van der Waals surface area (Å²) in [5, 5.41) is 3.21. The van der Waals surface area contributed by atoms with E-state index in [2.05, 4.69) is 5.32 Å². The van der Waals surface area contributed by atoms with E-state index in [1.54, 1.807) is 18.4 Å². The van der Waals surface area contributed by atoms with Crippen LogP contribution in [0, 0.1) is 11.6 Å². The van der Waals surface area contributed by atoms with Crippen LogP contribution in [0.25, 0.3) is 0 Å². The van der Waals surface area contributed by atoms with Crippen LogP contribution in [0.5, 0.6) is 0 Å². The third kappa shape index (κ3) is 4.86. The van der Waals surface area contributed by atoms with E-state index in [1.165, 1.54) is 12.1 Å². The zero-order valence-electron chi connectivity index (χ0n) is 12.4. The third-order valence-corrected chi connectivity index (χ3v) is 3.93. The summed E-state index contributed by atoms with van der Waals surface area (Å²) >= 11 is 1.10. The van der Waals surface area contributed by atoms with Crippen molar-refractivity contribution in [2.75, 3.05) is 0 Å². The molecule has 0 unspecified atom stereocenters. The zero-order valence-corrected chi connectivity index (χ0v) is 13.2. The van der Waals surface area contributed by atoms with Gasteiger partial charge in [-0.1, -0.05) is 0 Å². The Bertz CT molecular complexity index is 568. The van der Waals surface area contributed by atoms with Crippen molar-refractivity contribution in [3.8, 4) is 0 Å². The van der Waals surface area contributed by atoms with Crippen LogP contribution in [0.3, 0.4) is 0 Å². The molecule has 0 amide bonds. The standard InChI is InChI=1S/C16H19F2NOS/c1-16(2,3)19-9-11-7-13(17)15(14(18)8-11)21-10-12-5-4-6-20-12/h4-8,19H,9-10H2,1-3H3. The number of benzene rings is 1. The maximum Gasteiger partial charge on any atom is 0.140 e. The highest BCUT2D eigenvalue weighted by Gasteiger charge is 2.14. The van der Waals surface area contributed by atoms with Gasteiger partial charge >= 0.3 is 0 Å². The minimum Gasteiger partial charge on any atom is -0.468 e. The van der Waals surface area contributed by atoms with Crippen molar-refractivity contribution in [2.45, 2.75) is 43.5 Å². The molecule has 0 aliphatic rings. The lowest BCUT2D eigenvalue weighted by Gasteiger charge is -2.20. The van der Waals surface area contributed by atoms with Crippen LogP contribution < -0.4 is 5.32 Å². The van der Waals surface area contributed by atoms with Gasteiger partial charge in [0, 0.05) is 12.1 Å². The lowest BCUT2D eigenvalue weighted by atomic mass is 10.1. The van der Waals surface area contributed by atoms with Gasteiger partial charge in [0.15, 0.2) is 0 Å². The van der Waals surface area contributed by atoms with E-state index < -0.39 is 11.6 Å². The predicted octanol–water partition coefficient (Wildman–Crippen LogP) is 4.74. The Labute approximate surface area is 127 Å². The summed E-state index contributed by atoms with van der Waals surface area (Å²) in [5.41, 5.74) is 0.502. The monoisotopic (exact) mass is 311 g/mol. The van der Waals surface area contributed by atoms with Gasteiger partial charge < -0.3 is 9.73 Å². The van der Waals surface area contributed by atoms with E-state index >= 15 is 0 Å². The number of halogens is 2. The second-order valence-corrected chi connectivity index (χ2v) is 6.85. The number of rotatable bonds is 5. The maximum atomic E-state index is 14.0. The molecule has 21 heavy (non-hydrogen) atoms. The van der Waals surface area contributed by atoms with Crippen molar-refractivity contribution in [1.82, 2.24) is 5.32 Å². The van der Waals surface area contributed by atoms with Gasteiger partial charge in [-0.25, -0.2) is 8.78 Å². The fourth-order valence-electron chi connectivity index (χ4n) is 1.76. The molecule has 2 nitrogen and oxygen atoms in total. The Hall–Kier alpha value is -1.33. The van der Waals surface area contributed by atoms with Crippen LogP contribution in [-0.4, -0.2) is 5.54 Å². The number of thioether (sulfide) groups is 1. The highest BCUT2D eigenvalue weighted by molar-refractivity contribution is 7.98. The minimum absolute atomic E-state index is 0.0332. The van der Waals surface area contributed by atoms with Crippen LogP contribution in [-0.2, 0) is 12.3 Å². The van der Waals surface area contributed by atoms with E-state index in [4.69, 9.17) is 4.42 Å². The van der Waals surface area contributed by atoms with E-state index in [1.807, 2.05) is 20.8 Å². The molecular weight excluding hydrogens is 292 g/mol. The van der Waals surface area contributed by atoms with Crippen molar-refractivity contribution < 1.29 is 13.2 Å². The van der Waals surface area contributed by atoms with E-state index in [0.29, 0.717) is 23.6 Å². The van der Waals surface area contributed by atoms with Crippen LogP contribution in [0.15, 0.2) is 39.8 Å². The minimum atomic E-state index is -0.530. The van der Waals surface area contributed by atoms with Gasteiger partial charge in [-0.3, -0.25) is 0 Å². The zero-order chi connectivity index (χ0) is 15.5. The van der Waals surface area contributed by atoms with Crippen molar-refractivity contribution in [1.29, 1.82) is 0 Å². The Morgan fingerprint density at radius 1 is 1.19 bits per heavy atom. The van der Waals surface area contributed by atoms with Crippen LogP contribution >= 0.6 is 11.8 Å². The van der Waals surface area contributed by atoms with E-state index in [9.17, 15) is 8.78 Å². The fraction of sp³-hybridized carbons (Fsp3) is 0.375. The molecule has 5 heteroatoms. The van der Waals surface area contributed by atoms with Gasteiger partial charge in [0.05, 0.1) is 16.9 Å². The molecular formula is C16H19F2NOS. The first-order chi connectivity index (χ1) is 9.85. The average Bonchev–Trinajstić information content (AvgIpc) is 2.87. The predicted molar refractivity (Wildman–Crippen MR) is 81.2 cm³/mol. The van der Waals surface area contributed by atoms with Gasteiger partial charge in [-0.15, -0.1) is 11.8 Å². The first kappa shape index (κ1) is 16.0. The molecule has 1 heterocycles. The molecule has 114 valence electrons. The Balaban J connectivity index is 2.06. The van der Waals surface area contributed by atoms with Gasteiger partial charge in [0.1, 0.15) is 17.4 Å². The molecule has 0 aliphatic carbocycles. The average molecular weight is 311 g/mol. The molecule has 0 radical (unpaired) electrons. The highest BCUT2D eigenvalue weighted by Crippen LogP contribution is 2.29. The lowest BCUT2D eigenvalue weighted by Crippen LogP contribution is -2.35. The molecule has 0 bridgehead atoms. The van der Waals surface area contributed by atoms with Crippen molar-refractivity contribution in [3.63, 3.8) is 0 Å². The van der Waals surface area contributed by atoms with Gasteiger partial charge in [0.2, 0.25) is 0 Å². The van der Waals surface area contributed by atoms with E-state index in [0.717, 1.165) is 11.8 Å². The summed E-state index contributed by atoms with van der Waals surface area (Å²) in [6.07, 6.45) is 1.55. The topological polar surface area (TPSA) is 25.2 Å². The normalized spacial score (nSPS) is 11.9. The molecule has 1 aromatic heterocycles. The van der Waals surface area contributed by atoms with Gasteiger partial charge in [-0.2, -0.15) is 0 Å². The Morgan fingerprint density at radius 3 is 2.38 bits per heavy atom. The van der Waals surface area contributed by atoms with Crippen molar-refractivity contribution in [2.24, 2.45) is 0 Å². The summed E-state index contributed by atoms with van der Waals surface area (Å²) in [7, 11) is 0.